The molecule has 4 aliphatic heterocycles. The monoisotopic (exact) mass is 916 g/mol. The van der Waals surface area contributed by atoms with Crippen LogP contribution in [-0.4, -0.2) is 116 Å². The van der Waals surface area contributed by atoms with Gasteiger partial charge in [0, 0.05) is 121 Å². The number of primary amides is 2. The number of amides is 3. The molecule has 2 aromatic carbocycles. The van der Waals surface area contributed by atoms with Gasteiger partial charge in [-0.05, 0) is 82.0 Å². The van der Waals surface area contributed by atoms with Crippen LogP contribution >= 0.6 is 0 Å². The van der Waals surface area contributed by atoms with Gasteiger partial charge in [-0.2, -0.15) is 0 Å². The molecule has 0 bridgehead atoms. The standard InChI is InChI=1S/C51H65N9O7/c1-6-33-29-55-31(3)21-39(33)42(61)12-13-54-45-27-35(47-41(57-45)24-38(50(53)63)25-43(47)65-5)11-8-9-15-60-46(58-51(64)40-22-32(4)56-30-34(40)7-2)28-36-23-37(49(52)62)26-44(48(36)60)67-18-10-14-59-16-19-66-20-17-59/h8-9,21-26,28,33-35H,6-7,10-20,27,29-30H2,1-5H3,(H2,52,62)(H2,53,63)(H,54,57)(H,58,64)/b9-8+. The Kier molecular flexibility index (Phi) is 16.2. The SMILES string of the molecule is CCC1CN=C(C)C=C1C(=O)CCNC1=Nc2cc(C(N)=O)cc(OC)c2C(C/C=C/Cn2c(NC(=O)C3=CC(C)=NCC3CC)cc3cc(C(N)=O)cc(OCCCN4CCOCC4)c32)C1. The van der Waals surface area contributed by atoms with Gasteiger partial charge in [-0.3, -0.25) is 34.1 Å². The summed E-state index contributed by atoms with van der Waals surface area (Å²) in [6, 6.07) is 8.61. The van der Waals surface area contributed by atoms with Crippen LogP contribution in [0, 0.1) is 11.8 Å². The molecule has 3 amide bonds. The van der Waals surface area contributed by atoms with Crippen molar-refractivity contribution in [3.05, 3.63) is 82.5 Å². The maximum absolute atomic E-state index is 14.1. The molecule has 67 heavy (non-hydrogen) atoms. The number of anilines is 1. The van der Waals surface area contributed by atoms with Gasteiger partial charge in [0.05, 0.1) is 38.1 Å². The number of rotatable bonds is 20. The number of hydrogen-bond acceptors (Lipinski definition) is 12. The average Bonchev–Trinajstić information content (AvgIpc) is 3.67. The Bertz CT molecular complexity index is 2560. The van der Waals surface area contributed by atoms with Crippen molar-refractivity contribution in [2.75, 3.05) is 71.5 Å². The van der Waals surface area contributed by atoms with E-state index in [2.05, 4.69) is 45.4 Å². The third kappa shape index (κ3) is 11.8. The summed E-state index contributed by atoms with van der Waals surface area (Å²) in [5.41, 5.74) is 17.5. The highest BCUT2D eigenvalue weighted by Gasteiger charge is 2.29. The molecule has 6 N–H and O–H groups in total. The Morgan fingerprint density at radius 1 is 0.866 bits per heavy atom. The van der Waals surface area contributed by atoms with E-state index in [1.54, 1.807) is 31.4 Å². The number of hydrogen-bond donors (Lipinski definition) is 4. The number of nitrogens with zero attached hydrogens (tertiary/aromatic N) is 5. The Balaban J connectivity index is 1.16. The van der Waals surface area contributed by atoms with Crippen molar-refractivity contribution < 1.29 is 33.4 Å². The quantitative estimate of drug-likeness (QED) is 0.0722. The summed E-state index contributed by atoms with van der Waals surface area (Å²) in [6.45, 7) is 14.2. The normalized spacial score (nSPS) is 19.7. The molecule has 0 aliphatic carbocycles. The van der Waals surface area contributed by atoms with Crippen LogP contribution in [0.3, 0.4) is 0 Å². The Morgan fingerprint density at radius 3 is 2.22 bits per heavy atom. The molecule has 3 atom stereocenters. The molecular formula is C51H65N9O7. The Labute approximate surface area is 392 Å². The number of ketones is 1. The van der Waals surface area contributed by atoms with Gasteiger partial charge in [0.15, 0.2) is 5.78 Å². The first-order valence-corrected chi connectivity index (χ1v) is 23.5. The zero-order valence-electron chi connectivity index (χ0n) is 39.5. The smallest absolute Gasteiger partial charge is 0.253 e. The Hall–Kier alpha value is -6.39. The molecule has 5 heterocycles. The number of nitrogens with one attached hydrogen (secondary N) is 2. The van der Waals surface area contributed by atoms with Crippen LogP contribution < -0.4 is 31.6 Å². The molecule has 4 aliphatic rings. The lowest BCUT2D eigenvalue weighted by atomic mass is 9.86. The van der Waals surface area contributed by atoms with Crippen molar-refractivity contribution in [1.29, 1.82) is 0 Å². The predicted molar refractivity (Wildman–Crippen MR) is 263 cm³/mol. The number of aliphatic imine (C=N–C) groups is 3. The predicted octanol–water partition coefficient (Wildman–Crippen LogP) is 6.45. The maximum Gasteiger partial charge on any atom is 0.253 e. The molecule has 1 saturated heterocycles. The number of amidine groups is 1. The van der Waals surface area contributed by atoms with Gasteiger partial charge < -0.3 is 40.9 Å². The molecule has 1 aromatic heterocycles. The van der Waals surface area contributed by atoms with Crippen LogP contribution in [0.5, 0.6) is 11.5 Å². The van der Waals surface area contributed by atoms with Gasteiger partial charge in [0.25, 0.3) is 5.91 Å². The van der Waals surface area contributed by atoms with E-state index in [-0.39, 0.29) is 35.0 Å². The number of methoxy groups -OCH3 is 1. The van der Waals surface area contributed by atoms with E-state index >= 15 is 0 Å². The summed E-state index contributed by atoms with van der Waals surface area (Å²) in [5.74, 6) is 0.888. The molecule has 16 heteroatoms. The summed E-state index contributed by atoms with van der Waals surface area (Å²) < 4.78 is 19.8. The number of allylic oxidation sites excluding steroid dienone is 4. The molecule has 7 rings (SSSR count). The largest absolute Gasteiger partial charge is 0.496 e. The topological polar surface area (TPSA) is 217 Å². The van der Waals surface area contributed by atoms with Crippen LogP contribution in [0.4, 0.5) is 11.5 Å². The third-order valence-electron chi connectivity index (χ3n) is 13.0. The summed E-state index contributed by atoms with van der Waals surface area (Å²) in [5, 5.41) is 7.32. The molecule has 0 spiro atoms. The van der Waals surface area contributed by atoms with Crippen molar-refractivity contribution in [1.82, 2.24) is 14.8 Å². The van der Waals surface area contributed by atoms with E-state index in [4.69, 9.17) is 30.7 Å². The van der Waals surface area contributed by atoms with Crippen molar-refractivity contribution in [3.63, 3.8) is 0 Å². The number of carbonyl (C=O) groups excluding carboxylic acids is 4. The number of ether oxygens (including phenoxy) is 3. The molecule has 3 aromatic rings. The fourth-order valence-electron chi connectivity index (χ4n) is 9.31. The lowest BCUT2D eigenvalue weighted by Gasteiger charge is -2.27. The Morgan fingerprint density at radius 2 is 1.54 bits per heavy atom. The number of fused-ring (bicyclic) bond motifs is 2. The minimum atomic E-state index is -0.595. The number of Topliss-reactive ketones (excluding diaryl/α,β-unsaturated/α-hetero) is 1. The first-order valence-electron chi connectivity index (χ1n) is 23.5. The minimum Gasteiger partial charge on any atom is -0.496 e. The van der Waals surface area contributed by atoms with Crippen LogP contribution in [0.2, 0.25) is 0 Å². The van der Waals surface area contributed by atoms with Crippen molar-refractivity contribution in [3.8, 4) is 11.5 Å². The van der Waals surface area contributed by atoms with Crippen molar-refractivity contribution >= 4 is 63.2 Å². The lowest BCUT2D eigenvalue weighted by molar-refractivity contribution is -0.116. The highest BCUT2D eigenvalue weighted by Crippen LogP contribution is 2.43. The van der Waals surface area contributed by atoms with Gasteiger partial charge in [0.1, 0.15) is 23.2 Å². The number of carbonyl (C=O) groups is 4. The molecule has 16 nitrogen and oxygen atoms in total. The molecule has 0 radical (unpaired) electrons. The van der Waals surface area contributed by atoms with Gasteiger partial charge in [-0.25, -0.2) is 4.99 Å². The summed E-state index contributed by atoms with van der Waals surface area (Å²) >= 11 is 0. The fourth-order valence-corrected chi connectivity index (χ4v) is 9.31. The van der Waals surface area contributed by atoms with Gasteiger partial charge in [-0.15, -0.1) is 0 Å². The first kappa shape index (κ1) is 48.5. The van der Waals surface area contributed by atoms with E-state index in [9.17, 15) is 19.2 Å². The average molecular weight is 916 g/mol. The number of benzene rings is 2. The second-order valence-corrected chi connectivity index (χ2v) is 17.6. The van der Waals surface area contributed by atoms with E-state index in [1.165, 1.54) is 0 Å². The van der Waals surface area contributed by atoms with Crippen LogP contribution in [0.25, 0.3) is 10.9 Å². The lowest BCUT2D eigenvalue weighted by Crippen LogP contribution is -2.37. The van der Waals surface area contributed by atoms with Crippen molar-refractivity contribution in [2.24, 2.45) is 38.3 Å². The fraction of sp³-hybridized carbons (Fsp3) is 0.471. The summed E-state index contributed by atoms with van der Waals surface area (Å²) in [4.78, 5) is 69.0. The maximum atomic E-state index is 14.1. The van der Waals surface area contributed by atoms with Crippen LogP contribution in [0.15, 0.2) is 80.8 Å². The molecule has 3 unspecified atom stereocenters. The highest BCUT2D eigenvalue weighted by molar-refractivity contribution is 6.11. The van der Waals surface area contributed by atoms with Gasteiger partial charge >= 0.3 is 0 Å². The zero-order chi connectivity index (χ0) is 47.6. The van der Waals surface area contributed by atoms with E-state index in [0.717, 1.165) is 61.5 Å². The molecule has 356 valence electrons. The highest BCUT2D eigenvalue weighted by atomic mass is 16.5. The third-order valence-corrected chi connectivity index (χ3v) is 13.0. The number of aromatic nitrogens is 1. The first-order chi connectivity index (χ1) is 32.4. The molecular weight excluding hydrogens is 851 g/mol. The molecule has 0 saturated carbocycles. The second kappa shape index (κ2) is 22.4. The van der Waals surface area contributed by atoms with Crippen LogP contribution in [0.1, 0.15) is 98.4 Å². The van der Waals surface area contributed by atoms with Gasteiger partial charge in [0.2, 0.25) is 11.8 Å². The van der Waals surface area contributed by atoms with Crippen LogP contribution in [-0.2, 0) is 20.9 Å². The van der Waals surface area contributed by atoms with Gasteiger partial charge in [-0.1, -0.05) is 26.0 Å². The second-order valence-electron chi connectivity index (χ2n) is 17.6. The molecule has 1 fully saturated rings. The van der Waals surface area contributed by atoms with E-state index < -0.39 is 11.8 Å². The number of dihydropyridines is 2. The van der Waals surface area contributed by atoms with E-state index in [1.807, 2.05) is 42.7 Å². The zero-order valence-corrected chi connectivity index (χ0v) is 39.5. The number of morpholine rings is 1. The summed E-state index contributed by atoms with van der Waals surface area (Å²) in [7, 11) is 1.56. The number of nitrogens with two attached hydrogens (primary N) is 2. The van der Waals surface area contributed by atoms with E-state index in [0.29, 0.717) is 116 Å². The minimum absolute atomic E-state index is 0.0204. The summed E-state index contributed by atoms with van der Waals surface area (Å²) in [6.07, 6.45) is 11.6. The van der Waals surface area contributed by atoms with Crippen molar-refractivity contribution in [2.45, 2.75) is 78.7 Å².